The molecule has 1 aliphatic heterocycles. The molecule has 2 amide bonds. The van der Waals surface area contributed by atoms with E-state index in [-0.39, 0.29) is 12.5 Å². The van der Waals surface area contributed by atoms with E-state index < -0.39 is 11.7 Å². The first kappa shape index (κ1) is 18.0. The van der Waals surface area contributed by atoms with Gasteiger partial charge in [0.2, 0.25) is 5.91 Å². The molecule has 8 heteroatoms. The van der Waals surface area contributed by atoms with Crippen LogP contribution in [0.5, 0.6) is 0 Å². The number of hydrogen-bond donors (Lipinski definition) is 2. The van der Waals surface area contributed by atoms with Crippen LogP contribution in [0.2, 0.25) is 0 Å². The second-order valence-electron chi connectivity index (χ2n) is 6.38. The highest BCUT2D eigenvalue weighted by Gasteiger charge is 2.19. The van der Waals surface area contributed by atoms with Crippen LogP contribution in [0.15, 0.2) is 18.3 Å². The quantitative estimate of drug-likeness (QED) is 0.863. The number of anilines is 2. The van der Waals surface area contributed by atoms with E-state index >= 15 is 0 Å². The van der Waals surface area contributed by atoms with Crippen molar-refractivity contribution in [3.63, 3.8) is 0 Å². The number of aromatic nitrogens is 1. The number of morpholine rings is 1. The minimum atomic E-state index is -0.628. The molecule has 0 radical (unpaired) electrons. The van der Waals surface area contributed by atoms with Crippen molar-refractivity contribution in [1.29, 1.82) is 0 Å². The first-order valence-corrected chi connectivity index (χ1v) is 7.89. The Hall–Kier alpha value is -2.35. The lowest BCUT2D eigenvalue weighted by atomic mass is 10.2. The second kappa shape index (κ2) is 7.96. The number of pyridine rings is 1. The Labute approximate surface area is 141 Å². The number of nitrogens with zero attached hydrogens (tertiary/aromatic N) is 2. The van der Waals surface area contributed by atoms with Crippen LogP contribution in [0, 0.1) is 0 Å². The molecule has 132 valence electrons. The average molecular weight is 336 g/mol. The Kier molecular flexibility index (Phi) is 5.97. The molecule has 0 aliphatic carbocycles. The number of carbonyl (C=O) groups excluding carboxylic acids is 2. The third kappa shape index (κ3) is 5.69. The maximum absolute atomic E-state index is 12.1. The van der Waals surface area contributed by atoms with E-state index in [0.717, 1.165) is 13.1 Å². The van der Waals surface area contributed by atoms with Crippen LogP contribution < -0.4 is 15.5 Å². The Balaban J connectivity index is 1.91. The van der Waals surface area contributed by atoms with Crippen LogP contribution in [-0.4, -0.2) is 55.4 Å². The number of nitrogens with one attached hydrogen (secondary N) is 2. The zero-order valence-electron chi connectivity index (χ0n) is 14.3. The Bertz CT molecular complexity index is 580. The third-order valence-electron chi connectivity index (χ3n) is 3.16. The Morgan fingerprint density at radius 2 is 2.04 bits per heavy atom. The van der Waals surface area contributed by atoms with E-state index in [1.54, 1.807) is 39.1 Å². The van der Waals surface area contributed by atoms with Crippen molar-refractivity contribution in [2.45, 2.75) is 26.4 Å². The van der Waals surface area contributed by atoms with Gasteiger partial charge in [-0.3, -0.25) is 4.79 Å². The van der Waals surface area contributed by atoms with Gasteiger partial charge in [-0.15, -0.1) is 0 Å². The molecule has 0 atom stereocenters. The van der Waals surface area contributed by atoms with Crippen molar-refractivity contribution in [3.8, 4) is 0 Å². The highest BCUT2D eigenvalue weighted by molar-refractivity contribution is 5.96. The zero-order valence-corrected chi connectivity index (χ0v) is 14.3. The molecular formula is C16H24N4O4. The third-order valence-corrected chi connectivity index (χ3v) is 3.16. The number of alkyl carbamates (subject to hydrolysis) is 1. The molecular weight excluding hydrogens is 312 g/mol. The molecule has 0 saturated carbocycles. The highest BCUT2D eigenvalue weighted by atomic mass is 16.6. The van der Waals surface area contributed by atoms with E-state index in [9.17, 15) is 9.59 Å². The monoisotopic (exact) mass is 336 g/mol. The average Bonchev–Trinajstić information content (AvgIpc) is 2.53. The van der Waals surface area contributed by atoms with Crippen molar-refractivity contribution in [1.82, 2.24) is 10.3 Å². The fourth-order valence-corrected chi connectivity index (χ4v) is 2.18. The fraction of sp³-hybridized carbons (Fsp3) is 0.562. The largest absolute Gasteiger partial charge is 0.444 e. The maximum atomic E-state index is 12.1. The van der Waals surface area contributed by atoms with Gasteiger partial charge in [-0.1, -0.05) is 0 Å². The summed E-state index contributed by atoms with van der Waals surface area (Å²) in [5, 5.41) is 5.20. The van der Waals surface area contributed by atoms with Crippen LogP contribution in [-0.2, 0) is 14.3 Å². The molecule has 0 aromatic carbocycles. The van der Waals surface area contributed by atoms with Crippen LogP contribution in [0.25, 0.3) is 0 Å². The molecule has 1 fully saturated rings. The zero-order chi connectivity index (χ0) is 17.6. The van der Waals surface area contributed by atoms with Crippen molar-refractivity contribution in [3.05, 3.63) is 18.3 Å². The Morgan fingerprint density at radius 3 is 2.71 bits per heavy atom. The van der Waals surface area contributed by atoms with E-state index in [1.807, 2.05) is 0 Å². The maximum Gasteiger partial charge on any atom is 0.408 e. The second-order valence-corrected chi connectivity index (χ2v) is 6.38. The van der Waals surface area contributed by atoms with Gasteiger partial charge in [-0.05, 0) is 32.9 Å². The SMILES string of the molecule is CC(C)(C)OC(=O)NCC(=O)Nc1cccnc1N1CCOCC1. The standard InChI is InChI=1S/C16H24N4O4/c1-16(2,3)24-15(22)18-11-13(21)19-12-5-4-6-17-14(12)20-7-9-23-10-8-20/h4-6H,7-11H2,1-3H3,(H,18,22)(H,19,21). The number of carbonyl (C=O) groups is 2. The summed E-state index contributed by atoms with van der Waals surface area (Å²) in [6.45, 7) is 7.80. The molecule has 8 nitrogen and oxygen atoms in total. The topological polar surface area (TPSA) is 92.8 Å². The molecule has 24 heavy (non-hydrogen) atoms. The van der Waals surface area contributed by atoms with Crippen molar-refractivity contribution in [2.24, 2.45) is 0 Å². The lowest BCUT2D eigenvalue weighted by molar-refractivity contribution is -0.115. The lowest BCUT2D eigenvalue weighted by Gasteiger charge is -2.29. The van der Waals surface area contributed by atoms with Crippen molar-refractivity contribution < 1.29 is 19.1 Å². The van der Waals surface area contributed by atoms with Gasteiger partial charge in [0.1, 0.15) is 12.1 Å². The van der Waals surface area contributed by atoms with Gasteiger partial charge in [0.25, 0.3) is 0 Å². The van der Waals surface area contributed by atoms with Gasteiger partial charge in [0.15, 0.2) is 5.82 Å². The van der Waals surface area contributed by atoms with Gasteiger partial charge in [0.05, 0.1) is 18.9 Å². The van der Waals surface area contributed by atoms with E-state index in [2.05, 4.69) is 20.5 Å². The van der Waals surface area contributed by atoms with Gasteiger partial charge in [-0.25, -0.2) is 9.78 Å². The number of rotatable bonds is 4. The minimum Gasteiger partial charge on any atom is -0.444 e. The number of ether oxygens (including phenoxy) is 2. The molecule has 0 spiro atoms. The minimum absolute atomic E-state index is 0.174. The van der Waals surface area contributed by atoms with Gasteiger partial charge in [0, 0.05) is 19.3 Å². The fourth-order valence-electron chi connectivity index (χ4n) is 2.18. The van der Waals surface area contributed by atoms with Gasteiger partial charge >= 0.3 is 6.09 Å². The summed E-state index contributed by atoms with van der Waals surface area (Å²) in [6.07, 6.45) is 1.05. The normalized spacial score (nSPS) is 14.9. The molecule has 0 unspecified atom stereocenters. The van der Waals surface area contributed by atoms with Crippen LogP contribution in [0.3, 0.4) is 0 Å². The van der Waals surface area contributed by atoms with Crippen LogP contribution in [0.1, 0.15) is 20.8 Å². The molecule has 1 aromatic rings. The first-order chi connectivity index (χ1) is 11.3. The number of hydrogen-bond acceptors (Lipinski definition) is 6. The smallest absolute Gasteiger partial charge is 0.408 e. The molecule has 0 bridgehead atoms. The van der Waals surface area contributed by atoms with Crippen LogP contribution in [0.4, 0.5) is 16.3 Å². The molecule has 2 heterocycles. The van der Waals surface area contributed by atoms with E-state index in [0.29, 0.717) is 24.7 Å². The lowest BCUT2D eigenvalue weighted by Crippen LogP contribution is -2.39. The summed E-state index contributed by atoms with van der Waals surface area (Å²) in [7, 11) is 0. The number of amides is 2. The predicted molar refractivity (Wildman–Crippen MR) is 90.1 cm³/mol. The summed E-state index contributed by atoms with van der Waals surface area (Å²) >= 11 is 0. The van der Waals surface area contributed by atoms with Crippen molar-refractivity contribution in [2.75, 3.05) is 43.1 Å². The molecule has 1 saturated heterocycles. The van der Waals surface area contributed by atoms with Crippen LogP contribution >= 0.6 is 0 Å². The summed E-state index contributed by atoms with van der Waals surface area (Å²) in [6, 6.07) is 3.53. The molecule has 2 rings (SSSR count). The molecule has 1 aromatic heterocycles. The summed E-state index contributed by atoms with van der Waals surface area (Å²) < 4.78 is 10.4. The van der Waals surface area contributed by atoms with Crippen molar-refractivity contribution >= 4 is 23.5 Å². The molecule has 1 aliphatic rings. The van der Waals surface area contributed by atoms with Gasteiger partial charge in [-0.2, -0.15) is 0 Å². The summed E-state index contributed by atoms with van der Waals surface area (Å²) in [4.78, 5) is 30.0. The molecule has 2 N–H and O–H groups in total. The van der Waals surface area contributed by atoms with Gasteiger partial charge < -0.3 is 25.0 Å². The first-order valence-electron chi connectivity index (χ1n) is 7.89. The summed E-state index contributed by atoms with van der Waals surface area (Å²) in [5.74, 6) is 0.356. The van der Waals surface area contributed by atoms with E-state index in [4.69, 9.17) is 9.47 Å². The highest BCUT2D eigenvalue weighted by Crippen LogP contribution is 2.23. The van der Waals surface area contributed by atoms with E-state index in [1.165, 1.54) is 0 Å². The predicted octanol–water partition coefficient (Wildman–Crippen LogP) is 1.38. The Morgan fingerprint density at radius 1 is 1.33 bits per heavy atom. The summed E-state index contributed by atoms with van der Waals surface area (Å²) in [5.41, 5.74) is 0.00308.